The van der Waals surface area contributed by atoms with Gasteiger partial charge in [-0.15, -0.1) is 0 Å². The summed E-state index contributed by atoms with van der Waals surface area (Å²) in [5.41, 5.74) is 1.80. The van der Waals surface area contributed by atoms with Gasteiger partial charge in [-0.25, -0.2) is 0 Å². The van der Waals surface area contributed by atoms with Crippen molar-refractivity contribution in [1.82, 2.24) is 0 Å². The molecule has 0 saturated heterocycles. The highest BCUT2D eigenvalue weighted by Crippen LogP contribution is 2.12. The second-order valence-corrected chi connectivity index (χ2v) is 5.21. The van der Waals surface area contributed by atoms with E-state index in [1.54, 1.807) is 0 Å². The molecule has 2 N–H and O–H groups in total. The summed E-state index contributed by atoms with van der Waals surface area (Å²) in [4.78, 5) is 0. The first kappa shape index (κ1) is 16.7. The van der Waals surface area contributed by atoms with Gasteiger partial charge in [0.25, 0.3) is 0 Å². The Kier molecular flexibility index (Phi) is 9.58. The highest BCUT2D eigenvalue weighted by molar-refractivity contribution is 6.00. The number of oxime groups is 1. The van der Waals surface area contributed by atoms with Gasteiger partial charge in [-0.3, -0.25) is 0 Å². The van der Waals surface area contributed by atoms with E-state index in [4.69, 9.17) is 10.3 Å². The molecule has 0 aliphatic heterocycles. The van der Waals surface area contributed by atoms with E-state index in [2.05, 4.69) is 5.16 Å². The number of hydrogen-bond acceptors (Lipinski definition) is 3. The Bertz CT molecular complexity index is 363. The first-order valence-electron chi connectivity index (χ1n) is 7.75. The standard InChI is InChI=1S/C17H27NO2/c19-15-11-6-4-2-1-3-5-10-14-17(18-20)16-12-8-7-9-13-16/h7-9,12-13,19-20H,1-6,10-11,14-15H2. The molecule has 0 aromatic heterocycles. The van der Waals surface area contributed by atoms with Crippen LogP contribution < -0.4 is 0 Å². The van der Waals surface area contributed by atoms with Crippen LogP contribution in [0.15, 0.2) is 35.5 Å². The smallest absolute Gasteiger partial charge is 0.0867 e. The first-order chi connectivity index (χ1) is 9.88. The predicted molar refractivity (Wildman–Crippen MR) is 83.4 cm³/mol. The molecule has 1 aromatic rings. The lowest BCUT2D eigenvalue weighted by Crippen LogP contribution is -2.00. The second-order valence-electron chi connectivity index (χ2n) is 5.21. The van der Waals surface area contributed by atoms with E-state index in [9.17, 15) is 0 Å². The van der Waals surface area contributed by atoms with Crippen molar-refractivity contribution in [1.29, 1.82) is 0 Å². The van der Waals surface area contributed by atoms with E-state index in [-0.39, 0.29) is 0 Å². The van der Waals surface area contributed by atoms with Gasteiger partial charge in [0, 0.05) is 6.61 Å². The maximum atomic E-state index is 9.07. The zero-order chi connectivity index (χ0) is 14.5. The first-order valence-corrected chi connectivity index (χ1v) is 7.75. The third-order valence-corrected chi connectivity index (χ3v) is 3.55. The predicted octanol–water partition coefficient (Wildman–Crippen LogP) is 4.37. The van der Waals surface area contributed by atoms with Crippen LogP contribution >= 0.6 is 0 Å². The molecule has 1 rings (SSSR count). The molecule has 0 heterocycles. The van der Waals surface area contributed by atoms with E-state index in [0.29, 0.717) is 6.61 Å². The molecule has 0 amide bonds. The van der Waals surface area contributed by atoms with Crippen LogP contribution in [0.25, 0.3) is 0 Å². The molecule has 112 valence electrons. The van der Waals surface area contributed by atoms with Gasteiger partial charge < -0.3 is 10.3 Å². The van der Waals surface area contributed by atoms with Crippen LogP contribution in [0.3, 0.4) is 0 Å². The number of unbranched alkanes of at least 4 members (excludes halogenated alkanes) is 7. The van der Waals surface area contributed by atoms with Crippen molar-refractivity contribution in [3.05, 3.63) is 35.9 Å². The van der Waals surface area contributed by atoms with E-state index >= 15 is 0 Å². The van der Waals surface area contributed by atoms with Crippen molar-refractivity contribution in [2.24, 2.45) is 5.16 Å². The Morgan fingerprint density at radius 2 is 1.35 bits per heavy atom. The average Bonchev–Trinajstić information content (AvgIpc) is 2.50. The molecule has 0 radical (unpaired) electrons. The van der Waals surface area contributed by atoms with Gasteiger partial charge in [0.05, 0.1) is 5.71 Å². The fraction of sp³-hybridized carbons (Fsp3) is 0.588. The molecule has 0 aliphatic carbocycles. The van der Waals surface area contributed by atoms with Crippen molar-refractivity contribution < 1.29 is 10.3 Å². The lowest BCUT2D eigenvalue weighted by atomic mass is 10.0. The second kappa shape index (κ2) is 11.5. The molecule has 0 saturated carbocycles. The van der Waals surface area contributed by atoms with Crippen molar-refractivity contribution in [3.63, 3.8) is 0 Å². The van der Waals surface area contributed by atoms with E-state index in [0.717, 1.165) is 37.0 Å². The summed E-state index contributed by atoms with van der Waals surface area (Å²) in [5, 5.41) is 21.2. The molecule has 3 heteroatoms. The fourth-order valence-electron chi connectivity index (χ4n) is 2.35. The Balaban J connectivity index is 2.06. The minimum atomic E-state index is 0.322. The summed E-state index contributed by atoms with van der Waals surface area (Å²) < 4.78 is 0. The molecular formula is C17H27NO2. The minimum Gasteiger partial charge on any atom is -0.411 e. The van der Waals surface area contributed by atoms with Crippen molar-refractivity contribution in [2.45, 2.75) is 57.8 Å². The highest BCUT2D eigenvalue weighted by atomic mass is 16.4. The van der Waals surface area contributed by atoms with Crippen LogP contribution in [-0.4, -0.2) is 22.6 Å². The van der Waals surface area contributed by atoms with Gasteiger partial charge >= 0.3 is 0 Å². The molecule has 0 fully saturated rings. The quantitative estimate of drug-likeness (QED) is 0.273. The Hall–Kier alpha value is -1.35. The fourth-order valence-corrected chi connectivity index (χ4v) is 2.35. The zero-order valence-electron chi connectivity index (χ0n) is 12.3. The maximum absolute atomic E-state index is 9.07. The van der Waals surface area contributed by atoms with Crippen molar-refractivity contribution in [3.8, 4) is 0 Å². The van der Waals surface area contributed by atoms with Crippen LogP contribution in [0.5, 0.6) is 0 Å². The summed E-state index contributed by atoms with van der Waals surface area (Å²) in [6.07, 6.45) is 10.2. The summed E-state index contributed by atoms with van der Waals surface area (Å²) in [6, 6.07) is 9.86. The summed E-state index contributed by atoms with van der Waals surface area (Å²) in [7, 11) is 0. The molecule has 0 unspecified atom stereocenters. The molecule has 0 spiro atoms. The van der Waals surface area contributed by atoms with Crippen LogP contribution in [-0.2, 0) is 0 Å². The SMILES string of the molecule is OCCCCCCCCCCC(=NO)c1ccccc1. The highest BCUT2D eigenvalue weighted by Gasteiger charge is 2.03. The van der Waals surface area contributed by atoms with Gasteiger partial charge in [-0.05, 0) is 24.8 Å². The Labute approximate surface area is 122 Å². The molecule has 0 bridgehead atoms. The molecule has 3 nitrogen and oxygen atoms in total. The van der Waals surface area contributed by atoms with E-state index in [1.807, 2.05) is 30.3 Å². The zero-order valence-corrected chi connectivity index (χ0v) is 12.3. The molecule has 0 atom stereocenters. The van der Waals surface area contributed by atoms with E-state index < -0.39 is 0 Å². The summed E-state index contributed by atoms with van der Waals surface area (Å²) in [5.74, 6) is 0. The summed E-state index contributed by atoms with van der Waals surface area (Å²) in [6.45, 7) is 0.322. The van der Waals surface area contributed by atoms with Crippen molar-refractivity contribution in [2.75, 3.05) is 6.61 Å². The van der Waals surface area contributed by atoms with Crippen LogP contribution in [0.2, 0.25) is 0 Å². The molecule has 0 aliphatic rings. The number of aliphatic hydroxyl groups excluding tert-OH is 1. The molecular weight excluding hydrogens is 250 g/mol. The minimum absolute atomic E-state index is 0.322. The number of nitrogens with zero attached hydrogens (tertiary/aromatic N) is 1. The third-order valence-electron chi connectivity index (χ3n) is 3.55. The Morgan fingerprint density at radius 1 is 0.800 bits per heavy atom. The molecule has 1 aromatic carbocycles. The van der Waals surface area contributed by atoms with E-state index in [1.165, 1.54) is 32.1 Å². The maximum Gasteiger partial charge on any atom is 0.0867 e. The van der Waals surface area contributed by atoms with Gasteiger partial charge in [0.1, 0.15) is 0 Å². The van der Waals surface area contributed by atoms with Gasteiger partial charge in [-0.1, -0.05) is 74.0 Å². The summed E-state index contributed by atoms with van der Waals surface area (Å²) >= 11 is 0. The monoisotopic (exact) mass is 277 g/mol. The molecule has 20 heavy (non-hydrogen) atoms. The van der Waals surface area contributed by atoms with Crippen molar-refractivity contribution >= 4 is 5.71 Å². The van der Waals surface area contributed by atoms with Gasteiger partial charge in [-0.2, -0.15) is 0 Å². The van der Waals surface area contributed by atoms with Crippen LogP contribution in [0, 0.1) is 0 Å². The number of hydrogen-bond donors (Lipinski definition) is 2. The lowest BCUT2D eigenvalue weighted by Gasteiger charge is -2.05. The Morgan fingerprint density at radius 3 is 1.90 bits per heavy atom. The van der Waals surface area contributed by atoms with Gasteiger partial charge in [0.2, 0.25) is 0 Å². The van der Waals surface area contributed by atoms with Crippen LogP contribution in [0.1, 0.15) is 63.4 Å². The number of aliphatic hydroxyl groups is 1. The largest absolute Gasteiger partial charge is 0.411 e. The third kappa shape index (κ3) is 7.29. The topological polar surface area (TPSA) is 52.8 Å². The normalized spacial score (nSPS) is 11.8. The average molecular weight is 277 g/mol. The number of benzene rings is 1. The lowest BCUT2D eigenvalue weighted by molar-refractivity contribution is 0.282. The van der Waals surface area contributed by atoms with Gasteiger partial charge in [0.15, 0.2) is 0 Å². The van der Waals surface area contributed by atoms with Crippen LogP contribution in [0.4, 0.5) is 0 Å². The number of rotatable bonds is 11.